The predicted octanol–water partition coefficient (Wildman–Crippen LogP) is 7.98. The van der Waals surface area contributed by atoms with Crippen molar-refractivity contribution in [1.29, 1.82) is 5.26 Å². The van der Waals surface area contributed by atoms with Crippen molar-refractivity contribution in [3.05, 3.63) is 23.8 Å². The molecule has 1 fully saturated rings. The smallest absolute Gasteiger partial charge is 0.267 e. The summed E-state index contributed by atoms with van der Waals surface area (Å²) >= 11 is 1.82. The van der Waals surface area contributed by atoms with Crippen LogP contribution < -0.4 is 10.5 Å². The number of nitrogens with two attached hydrogens (primary N) is 1. The highest BCUT2D eigenvalue weighted by Gasteiger charge is 2.24. The number of benzene rings is 1. The van der Waals surface area contributed by atoms with Gasteiger partial charge >= 0.3 is 0 Å². The van der Waals surface area contributed by atoms with Crippen molar-refractivity contribution in [2.75, 3.05) is 17.2 Å². The highest BCUT2D eigenvalue weighted by molar-refractivity contribution is 7.99. The van der Waals surface area contributed by atoms with Crippen LogP contribution in [0.2, 0.25) is 12.6 Å². The van der Waals surface area contributed by atoms with Crippen molar-refractivity contribution < 1.29 is 8.42 Å². The average molecular weight is 564 g/mol. The van der Waals surface area contributed by atoms with Gasteiger partial charge in [-0.1, -0.05) is 105 Å². The van der Waals surface area contributed by atoms with E-state index in [1.54, 1.807) is 0 Å². The second-order valence-corrected chi connectivity index (χ2v) is 14.1. The molecule has 0 bridgehead atoms. The van der Waals surface area contributed by atoms with Crippen molar-refractivity contribution in [2.24, 2.45) is 11.8 Å². The molecule has 0 aliphatic carbocycles. The summed E-state index contributed by atoms with van der Waals surface area (Å²) in [5, 5.41) is 9.03. The average Bonchev–Trinajstić information content (AvgIpc) is 2.92. The van der Waals surface area contributed by atoms with Crippen molar-refractivity contribution in [3.8, 4) is 5.97 Å². The third-order valence-electron chi connectivity index (χ3n) is 7.75. The van der Waals surface area contributed by atoms with Crippen LogP contribution in [0.25, 0.3) is 0 Å². The topological polar surface area (TPSA) is 96.0 Å². The Morgan fingerprint density at radius 2 is 1.79 bits per heavy atom. The standard InChI is InChI=1S/C26H44BN3O2S2.C4H10/c1-4-6-17-34(31,32)30-25(21(3)5-2)19-23-10-11-26(24(29)18-23)33-16-8-7-9-22-12-14-27(20-28)15-13-22;1-3-4-2/h10-11,18,21-22,25,30H,4-9,12-17,19,29H2,1-3H3;3-4H2,1-2H3. The number of unbranched alkanes of at least 4 members (excludes halogenated alkanes) is 3. The molecule has 8 heteroatoms. The molecule has 216 valence electrons. The van der Waals surface area contributed by atoms with Gasteiger partial charge in [-0.05, 0) is 54.5 Å². The van der Waals surface area contributed by atoms with Gasteiger partial charge in [-0.25, -0.2) is 18.4 Å². The first-order chi connectivity index (χ1) is 18.2. The zero-order valence-electron chi connectivity index (χ0n) is 24.8. The molecule has 0 amide bonds. The molecule has 0 radical (unpaired) electrons. The number of anilines is 1. The molecule has 38 heavy (non-hydrogen) atoms. The first kappa shape index (κ1) is 34.9. The fraction of sp³-hybridized carbons (Fsp3) is 0.767. The zero-order chi connectivity index (χ0) is 28.4. The van der Waals surface area contributed by atoms with E-state index < -0.39 is 10.0 Å². The molecule has 0 aromatic heterocycles. The van der Waals surface area contributed by atoms with Gasteiger partial charge in [0.25, 0.3) is 6.71 Å². The summed E-state index contributed by atoms with van der Waals surface area (Å²) in [6.45, 7) is 10.9. The van der Waals surface area contributed by atoms with Gasteiger partial charge in [0.05, 0.1) is 5.75 Å². The van der Waals surface area contributed by atoms with Crippen LogP contribution in [0.5, 0.6) is 0 Å². The highest BCUT2D eigenvalue weighted by atomic mass is 32.2. The maximum Gasteiger partial charge on any atom is 0.267 e. The maximum absolute atomic E-state index is 12.5. The van der Waals surface area contributed by atoms with E-state index in [0.29, 0.717) is 19.6 Å². The van der Waals surface area contributed by atoms with E-state index in [2.05, 4.69) is 50.5 Å². The second-order valence-electron chi connectivity index (χ2n) is 11.0. The summed E-state index contributed by atoms with van der Waals surface area (Å²) in [5.41, 5.74) is 8.24. The summed E-state index contributed by atoms with van der Waals surface area (Å²) in [6, 6.07) is 6.10. The molecule has 5 nitrogen and oxygen atoms in total. The number of nitrogen functional groups attached to an aromatic ring is 1. The third kappa shape index (κ3) is 14.3. The lowest BCUT2D eigenvalue weighted by atomic mass is 9.41. The van der Waals surface area contributed by atoms with E-state index in [1.165, 1.54) is 44.9 Å². The van der Waals surface area contributed by atoms with Crippen LogP contribution in [0.3, 0.4) is 0 Å². The van der Waals surface area contributed by atoms with Gasteiger partial charge in [0.15, 0.2) is 0 Å². The molecular formula is C30H54BN3O2S2. The van der Waals surface area contributed by atoms with Gasteiger partial charge in [-0.3, -0.25) is 0 Å². The Labute approximate surface area is 239 Å². The molecule has 1 aliphatic rings. The monoisotopic (exact) mass is 563 g/mol. The number of nitrogens with one attached hydrogen (secondary N) is 1. The van der Waals surface area contributed by atoms with E-state index in [4.69, 9.17) is 11.0 Å². The molecule has 1 aliphatic heterocycles. The Bertz CT molecular complexity index is 911. The summed E-state index contributed by atoms with van der Waals surface area (Å²) < 4.78 is 27.9. The lowest BCUT2D eigenvalue weighted by molar-refractivity contribution is 0.406. The molecule has 3 N–H and O–H groups in total. The van der Waals surface area contributed by atoms with Crippen LogP contribution in [0.1, 0.15) is 104 Å². The first-order valence-electron chi connectivity index (χ1n) is 15.1. The SMILES string of the molecule is CCCC.CCCCS(=O)(=O)NC(Cc1ccc(SCCCCC2CCB(C#N)CC2)c(N)c1)C(C)CC. The summed E-state index contributed by atoms with van der Waals surface area (Å²) in [7, 11) is -3.27. The molecule has 2 atom stereocenters. The zero-order valence-corrected chi connectivity index (χ0v) is 26.4. The van der Waals surface area contributed by atoms with Gasteiger partial charge in [-0.15, -0.1) is 11.8 Å². The van der Waals surface area contributed by atoms with Crippen LogP contribution in [0.4, 0.5) is 5.69 Å². The number of nitriles is 1. The fourth-order valence-corrected chi connectivity index (χ4v) is 7.20. The Morgan fingerprint density at radius 3 is 2.34 bits per heavy atom. The van der Waals surface area contributed by atoms with Crippen molar-refractivity contribution in [1.82, 2.24) is 4.72 Å². The molecule has 1 heterocycles. The number of nitrogens with zero attached hydrogens (tertiary/aromatic N) is 1. The van der Waals surface area contributed by atoms with E-state index >= 15 is 0 Å². The highest BCUT2D eigenvalue weighted by Crippen LogP contribution is 2.31. The Morgan fingerprint density at radius 1 is 1.11 bits per heavy atom. The minimum absolute atomic E-state index is 0.118. The Hall–Kier alpha value is -1.17. The molecule has 2 rings (SSSR count). The lowest BCUT2D eigenvalue weighted by Crippen LogP contribution is -2.41. The molecule has 1 aromatic rings. The maximum atomic E-state index is 12.5. The largest absolute Gasteiger partial charge is 0.398 e. The summed E-state index contributed by atoms with van der Waals surface area (Å²) in [6.07, 6.45) is 14.1. The van der Waals surface area contributed by atoms with Crippen molar-refractivity contribution in [3.63, 3.8) is 0 Å². The summed E-state index contributed by atoms with van der Waals surface area (Å²) in [5.74, 6) is 4.72. The molecule has 1 aromatic carbocycles. The quantitative estimate of drug-likeness (QED) is 0.0920. The van der Waals surface area contributed by atoms with Crippen LogP contribution in [-0.4, -0.2) is 32.7 Å². The number of thioether (sulfide) groups is 1. The van der Waals surface area contributed by atoms with Gasteiger partial charge < -0.3 is 5.73 Å². The summed E-state index contributed by atoms with van der Waals surface area (Å²) in [4.78, 5) is 1.11. The van der Waals surface area contributed by atoms with Crippen LogP contribution in [0.15, 0.2) is 23.1 Å². The van der Waals surface area contributed by atoms with Crippen molar-refractivity contribution >= 4 is 34.2 Å². The number of rotatable bonds is 16. The van der Waals surface area contributed by atoms with E-state index in [1.807, 2.05) is 24.8 Å². The molecule has 0 saturated carbocycles. The van der Waals surface area contributed by atoms with Crippen LogP contribution >= 0.6 is 11.8 Å². The van der Waals surface area contributed by atoms with Gasteiger partial charge in [0, 0.05) is 22.6 Å². The molecule has 2 unspecified atom stereocenters. The second kappa shape index (κ2) is 19.8. The number of sulfonamides is 1. The molecule has 1 saturated heterocycles. The normalized spacial score (nSPS) is 15.8. The van der Waals surface area contributed by atoms with E-state index in [0.717, 1.165) is 53.3 Å². The number of hydrogen-bond donors (Lipinski definition) is 2. The van der Waals surface area contributed by atoms with E-state index in [-0.39, 0.29) is 17.7 Å². The van der Waals surface area contributed by atoms with Gasteiger partial charge in [0.2, 0.25) is 10.0 Å². The van der Waals surface area contributed by atoms with Gasteiger partial charge in [0.1, 0.15) is 0 Å². The number of hydrogen-bond acceptors (Lipinski definition) is 5. The Kier molecular flexibility index (Phi) is 18.2. The predicted molar refractivity (Wildman–Crippen MR) is 168 cm³/mol. The third-order valence-corrected chi connectivity index (χ3v) is 10.4. The Balaban J connectivity index is 0.00000168. The minimum Gasteiger partial charge on any atom is -0.398 e. The van der Waals surface area contributed by atoms with Crippen molar-refractivity contribution in [2.45, 2.75) is 129 Å². The molecular weight excluding hydrogens is 509 g/mol. The fourth-order valence-electron chi connectivity index (χ4n) is 4.68. The molecule has 0 spiro atoms. The first-order valence-corrected chi connectivity index (χ1v) is 17.7. The van der Waals surface area contributed by atoms with Gasteiger partial charge in [-0.2, -0.15) is 0 Å². The van der Waals surface area contributed by atoms with Crippen LogP contribution in [0, 0.1) is 23.1 Å². The minimum atomic E-state index is -3.27. The lowest BCUT2D eigenvalue weighted by Gasteiger charge is -2.24. The van der Waals surface area contributed by atoms with Crippen LogP contribution in [-0.2, 0) is 16.4 Å². The van der Waals surface area contributed by atoms with E-state index in [9.17, 15) is 8.42 Å².